The lowest BCUT2D eigenvalue weighted by molar-refractivity contribution is -0.216. The highest BCUT2D eigenvalue weighted by Crippen LogP contribution is 2.63. The van der Waals surface area contributed by atoms with Crippen molar-refractivity contribution < 1.29 is 19.1 Å². The lowest BCUT2D eigenvalue weighted by Gasteiger charge is -2.60. The van der Waals surface area contributed by atoms with E-state index in [0.717, 1.165) is 38.5 Å². The quantitative estimate of drug-likeness (QED) is 0.559. The minimum absolute atomic E-state index is 0.0841. The first kappa shape index (κ1) is 17.5. The van der Waals surface area contributed by atoms with Gasteiger partial charge in [-0.1, -0.05) is 13.5 Å². The molecule has 4 fully saturated rings. The van der Waals surface area contributed by atoms with Gasteiger partial charge < -0.3 is 9.47 Å². The summed E-state index contributed by atoms with van der Waals surface area (Å²) in [4.78, 5) is 25.2. The molecular weight excluding hydrogens is 304 g/mol. The van der Waals surface area contributed by atoms with Crippen molar-refractivity contribution in [3.63, 3.8) is 0 Å². The Morgan fingerprint density at radius 3 is 2.25 bits per heavy atom. The fraction of sp³-hybridized carbons (Fsp3) is 0.800. The molecule has 4 heteroatoms. The summed E-state index contributed by atoms with van der Waals surface area (Å²) in [6.07, 6.45) is 6.09. The average Bonchev–Trinajstić information content (AvgIpc) is 2.44. The first-order chi connectivity index (χ1) is 11.1. The Bertz CT molecular complexity index is 560. The van der Waals surface area contributed by atoms with E-state index >= 15 is 0 Å². The summed E-state index contributed by atoms with van der Waals surface area (Å²) in [5, 5.41) is 0. The molecule has 0 aliphatic heterocycles. The van der Waals surface area contributed by atoms with Crippen LogP contribution in [-0.4, -0.2) is 23.1 Å². The third-order valence-electron chi connectivity index (χ3n) is 6.32. The second-order valence-corrected chi connectivity index (χ2v) is 9.10. The molecule has 0 aromatic rings. The molecule has 0 heterocycles. The maximum Gasteiger partial charge on any atom is 0.333 e. The molecule has 4 bridgehead atoms. The fourth-order valence-corrected chi connectivity index (χ4v) is 5.25. The number of ether oxygens (including phenoxy) is 2. The Labute approximate surface area is 145 Å². The number of carbonyl (C=O) groups excluding carboxylic acids is 2. The molecule has 4 aliphatic rings. The Kier molecular flexibility index (Phi) is 4.09. The maximum atomic E-state index is 13.1. The van der Waals surface area contributed by atoms with Crippen LogP contribution in [0, 0.1) is 17.3 Å². The topological polar surface area (TPSA) is 52.6 Å². The van der Waals surface area contributed by atoms with Crippen molar-refractivity contribution in [3.8, 4) is 0 Å². The average molecular weight is 334 g/mol. The van der Waals surface area contributed by atoms with Gasteiger partial charge in [0.05, 0.1) is 5.41 Å². The SMILES string of the molecule is C=C(C)C(=O)OC12CC3CC(C1)CC(C(=O)OC(C)(C)CC)(C3)C2. The summed E-state index contributed by atoms with van der Waals surface area (Å²) in [6.45, 7) is 11.3. The third-order valence-corrected chi connectivity index (χ3v) is 6.32. The molecule has 4 nitrogen and oxygen atoms in total. The van der Waals surface area contributed by atoms with Crippen LogP contribution in [0.25, 0.3) is 0 Å². The predicted octanol–water partition coefficient (Wildman–Crippen LogP) is 4.18. The first-order valence-electron chi connectivity index (χ1n) is 9.21. The summed E-state index contributed by atoms with van der Waals surface area (Å²) < 4.78 is 11.8. The van der Waals surface area contributed by atoms with Crippen LogP contribution < -0.4 is 0 Å². The number of hydrogen-bond acceptors (Lipinski definition) is 4. The molecule has 134 valence electrons. The third kappa shape index (κ3) is 3.00. The van der Waals surface area contributed by atoms with E-state index in [4.69, 9.17) is 9.47 Å². The van der Waals surface area contributed by atoms with Crippen LogP contribution in [0.5, 0.6) is 0 Å². The van der Waals surface area contributed by atoms with Gasteiger partial charge in [0.2, 0.25) is 0 Å². The highest BCUT2D eigenvalue weighted by Gasteiger charge is 2.63. The van der Waals surface area contributed by atoms with Gasteiger partial charge in [-0.15, -0.1) is 0 Å². The number of rotatable bonds is 5. The van der Waals surface area contributed by atoms with Gasteiger partial charge in [0.1, 0.15) is 11.2 Å². The number of hydrogen-bond donors (Lipinski definition) is 0. The number of esters is 2. The van der Waals surface area contributed by atoms with E-state index in [9.17, 15) is 9.59 Å². The minimum Gasteiger partial charge on any atom is -0.459 e. The van der Waals surface area contributed by atoms with Crippen molar-refractivity contribution >= 4 is 11.9 Å². The van der Waals surface area contributed by atoms with E-state index < -0.39 is 16.6 Å². The molecule has 0 amide bonds. The van der Waals surface area contributed by atoms with Crippen molar-refractivity contribution in [1.82, 2.24) is 0 Å². The molecule has 0 radical (unpaired) electrons. The molecule has 2 atom stereocenters. The summed E-state index contributed by atoms with van der Waals surface area (Å²) in [5.74, 6) is 0.511. The second kappa shape index (κ2) is 5.60. The van der Waals surface area contributed by atoms with Crippen molar-refractivity contribution in [2.24, 2.45) is 17.3 Å². The smallest absolute Gasteiger partial charge is 0.333 e. The molecule has 0 saturated heterocycles. The normalized spacial score (nSPS) is 37.2. The molecule has 0 aromatic carbocycles. The van der Waals surface area contributed by atoms with Crippen LogP contribution >= 0.6 is 0 Å². The molecule has 4 rings (SSSR count). The monoisotopic (exact) mass is 334 g/mol. The first-order valence-corrected chi connectivity index (χ1v) is 9.21. The Hall–Kier alpha value is -1.32. The van der Waals surface area contributed by atoms with Crippen LogP contribution in [-0.2, 0) is 19.1 Å². The van der Waals surface area contributed by atoms with E-state index in [1.54, 1.807) is 6.92 Å². The van der Waals surface area contributed by atoms with Gasteiger partial charge in [0.15, 0.2) is 0 Å². The van der Waals surface area contributed by atoms with Crippen molar-refractivity contribution in [2.45, 2.75) is 83.8 Å². The molecule has 0 spiro atoms. The Balaban J connectivity index is 1.84. The maximum absolute atomic E-state index is 13.1. The van der Waals surface area contributed by atoms with E-state index in [2.05, 4.69) is 6.58 Å². The molecule has 4 saturated carbocycles. The van der Waals surface area contributed by atoms with Crippen LogP contribution in [0.4, 0.5) is 0 Å². The van der Waals surface area contributed by atoms with E-state index in [0.29, 0.717) is 23.8 Å². The highest BCUT2D eigenvalue weighted by atomic mass is 16.6. The minimum atomic E-state index is -0.491. The lowest BCUT2D eigenvalue weighted by atomic mass is 9.48. The second-order valence-electron chi connectivity index (χ2n) is 9.10. The molecule has 4 aliphatic carbocycles. The standard InChI is InChI=1S/C20H30O4/c1-6-18(4,5)24-17(22)19-8-14-7-15(9-19)11-20(10-14,12-19)23-16(21)13(2)3/h14-15H,2,6-12H2,1,3-5H3. The zero-order chi connectivity index (χ0) is 17.8. The molecule has 0 N–H and O–H groups in total. The van der Waals surface area contributed by atoms with Crippen LogP contribution in [0.2, 0.25) is 0 Å². The zero-order valence-electron chi connectivity index (χ0n) is 15.4. The van der Waals surface area contributed by atoms with E-state index in [-0.39, 0.29) is 11.9 Å². The fourth-order valence-electron chi connectivity index (χ4n) is 5.25. The Morgan fingerprint density at radius 2 is 1.75 bits per heavy atom. The van der Waals surface area contributed by atoms with Crippen molar-refractivity contribution in [3.05, 3.63) is 12.2 Å². The van der Waals surface area contributed by atoms with Gasteiger partial charge >= 0.3 is 11.9 Å². The zero-order valence-corrected chi connectivity index (χ0v) is 15.4. The van der Waals surface area contributed by atoms with Gasteiger partial charge in [-0.2, -0.15) is 0 Å². The van der Waals surface area contributed by atoms with Gasteiger partial charge in [0.25, 0.3) is 0 Å². The van der Waals surface area contributed by atoms with E-state index in [1.165, 1.54) is 0 Å². The van der Waals surface area contributed by atoms with Crippen LogP contribution in [0.3, 0.4) is 0 Å². The molecular formula is C20H30O4. The summed E-state index contributed by atoms with van der Waals surface area (Å²) in [5.41, 5.74) is -0.974. The molecule has 0 aromatic heterocycles. The van der Waals surface area contributed by atoms with E-state index in [1.807, 2.05) is 20.8 Å². The molecule has 24 heavy (non-hydrogen) atoms. The van der Waals surface area contributed by atoms with Gasteiger partial charge in [-0.3, -0.25) is 4.79 Å². The van der Waals surface area contributed by atoms with Crippen molar-refractivity contribution in [1.29, 1.82) is 0 Å². The largest absolute Gasteiger partial charge is 0.459 e. The molecule has 2 unspecified atom stereocenters. The lowest BCUT2D eigenvalue weighted by Crippen LogP contribution is -2.60. The summed E-state index contributed by atoms with van der Waals surface area (Å²) in [6, 6.07) is 0. The predicted molar refractivity (Wildman–Crippen MR) is 91.2 cm³/mol. The van der Waals surface area contributed by atoms with Crippen molar-refractivity contribution in [2.75, 3.05) is 0 Å². The summed E-state index contributed by atoms with van der Waals surface area (Å²) >= 11 is 0. The summed E-state index contributed by atoms with van der Waals surface area (Å²) in [7, 11) is 0. The van der Waals surface area contributed by atoms with Crippen LogP contribution in [0.15, 0.2) is 12.2 Å². The highest BCUT2D eigenvalue weighted by molar-refractivity contribution is 5.87. The van der Waals surface area contributed by atoms with Gasteiger partial charge in [-0.05, 0) is 71.1 Å². The van der Waals surface area contributed by atoms with Gasteiger partial charge in [0, 0.05) is 12.0 Å². The van der Waals surface area contributed by atoms with Crippen LogP contribution in [0.1, 0.15) is 72.6 Å². The Morgan fingerprint density at radius 1 is 1.17 bits per heavy atom. The van der Waals surface area contributed by atoms with Gasteiger partial charge in [-0.25, -0.2) is 4.79 Å². The number of carbonyl (C=O) groups is 2.